The topological polar surface area (TPSA) is 66.5 Å². The van der Waals surface area contributed by atoms with Crippen LogP contribution < -0.4 is 5.32 Å². The van der Waals surface area contributed by atoms with E-state index >= 15 is 0 Å². The third kappa shape index (κ3) is 3.83. The van der Waals surface area contributed by atoms with E-state index in [2.05, 4.69) is 5.32 Å². The van der Waals surface area contributed by atoms with E-state index in [-0.39, 0.29) is 12.5 Å². The molecule has 0 unspecified atom stereocenters. The van der Waals surface area contributed by atoms with Crippen molar-refractivity contribution in [1.29, 1.82) is 0 Å². The van der Waals surface area contributed by atoms with Gasteiger partial charge in [0.15, 0.2) is 0 Å². The van der Waals surface area contributed by atoms with Crippen molar-refractivity contribution >= 4 is 15.9 Å². The summed E-state index contributed by atoms with van der Waals surface area (Å²) in [4.78, 5) is 13.4. The van der Waals surface area contributed by atoms with Crippen molar-refractivity contribution in [1.82, 2.24) is 9.62 Å². The van der Waals surface area contributed by atoms with Crippen LogP contribution in [0.2, 0.25) is 0 Å². The number of nitrogens with one attached hydrogen (secondary N) is 1. The Morgan fingerprint density at radius 1 is 0.897 bits per heavy atom. The van der Waals surface area contributed by atoms with E-state index in [4.69, 9.17) is 0 Å². The zero-order valence-electron chi connectivity index (χ0n) is 16.6. The summed E-state index contributed by atoms with van der Waals surface area (Å²) in [5.41, 5.74) is 1.20. The maximum Gasteiger partial charge on any atom is 0.243 e. The molecule has 1 saturated carbocycles. The van der Waals surface area contributed by atoms with E-state index < -0.39 is 15.4 Å². The monoisotopic (exact) mass is 412 g/mol. The standard InChI is InChI=1S/C23H28N2O3S/c26-22(23(14-9-15-23)20-11-3-1-4-12-20)24-18-19-10-5-6-13-21(19)29(27,28)25-16-7-2-8-17-25/h1,3-6,10-13H,2,7-9,14-18H2,(H,24,26). The first-order valence-corrected chi connectivity index (χ1v) is 11.9. The minimum absolute atomic E-state index is 0.0138. The van der Waals surface area contributed by atoms with Crippen LogP contribution in [0.1, 0.15) is 49.7 Å². The molecule has 6 heteroatoms. The predicted octanol–water partition coefficient (Wildman–Crippen LogP) is 3.60. The first-order chi connectivity index (χ1) is 14.0. The Bertz CT molecular complexity index is 963. The van der Waals surface area contributed by atoms with Crippen LogP contribution in [0.3, 0.4) is 0 Å². The van der Waals surface area contributed by atoms with Crippen LogP contribution >= 0.6 is 0 Å². The van der Waals surface area contributed by atoms with Crippen molar-refractivity contribution in [3.63, 3.8) is 0 Å². The first kappa shape index (κ1) is 20.1. The van der Waals surface area contributed by atoms with Crippen LogP contribution in [0.5, 0.6) is 0 Å². The van der Waals surface area contributed by atoms with Crippen molar-refractivity contribution in [2.75, 3.05) is 13.1 Å². The van der Waals surface area contributed by atoms with Crippen LogP contribution in [0.15, 0.2) is 59.5 Å². The van der Waals surface area contributed by atoms with E-state index in [1.54, 1.807) is 22.5 Å². The minimum atomic E-state index is -3.54. The maximum atomic E-state index is 13.2. The Morgan fingerprint density at radius 2 is 1.55 bits per heavy atom. The molecule has 1 aliphatic heterocycles. The Hall–Kier alpha value is -2.18. The third-order valence-corrected chi connectivity index (χ3v) is 8.31. The maximum absolute atomic E-state index is 13.2. The molecule has 29 heavy (non-hydrogen) atoms. The molecule has 1 saturated heterocycles. The number of hydrogen-bond donors (Lipinski definition) is 1. The normalized spacial score (nSPS) is 19.3. The molecule has 2 aromatic rings. The molecule has 2 fully saturated rings. The largest absolute Gasteiger partial charge is 0.351 e. The fourth-order valence-electron chi connectivity index (χ4n) is 4.42. The lowest BCUT2D eigenvalue weighted by atomic mass is 9.64. The smallest absolute Gasteiger partial charge is 0.243 e. The highest BCUT2D eigenvalue weighted by molar-refractivity contribution is 7.89. The second-order valence-electron chi connectivity index (χ2n) is 8.06. The number of nitrogens with zero attached hydrogens (tertiary/aromatic N) is 1. The van der Waals surface area contributed by atoms with Gasteiger partial charge in [0.1, 0.15) is 0 Å². The lowest BCUT2D eigenvalue weighted by Gasteiger charge is -2.40. The van der Waals surface area contributed by atoms with Gasteiger partial charge in [-0.3, -0.25) is 4.79 Å². The lowest BCUT2D eigenvalue weighted by molar-refractivity contribution is -0.130. The summed E-state index contributed by atoms with van der Waals surface area (Å²) in [5, 5.41) is 3.03. The summed E-state index contributed by atoms with van der Waals surface area (Å²) in [5.74, 6) is -0.0138. The van der Waals surface area contributed by atoms with Crippen LogP contribution in [0.4, 0.5) is 0 Å². The molecule has 0 spiro atoms. The van der Waals surface area contributed by atoms with Crippen molar-refractivity contribution in [2.45, 2.75) is 55.4 Å². The van der Waals surface area contributed by atoms with Crippen LogP contribution in [-0.2, 0) is 26.8 Å². The molecular weight excluding hydrogens is 384 g/mol. The second-order valence-corrected chi connectivity index (χ2v) is 9.96. The molecule has 0 aromatic heterocycles. The fraction of sp³-hybridized carbons (Fsp3) is 0.435. The molecule has 1 heterocycles. The number of amides is 1. The first-order valence-electron chi connectivity index (χ1n) is 10.5. The number of rotatable bonds is 6. The highest BCUT2D eigenvalue weighted by Gasteiger charge is 2.45. The van der Waals surface area contributed by atoms with E-state index in [0.717, 1.165) is 44.1 Å². The molecular formula is C23H28N2O3S. The van der Waals surface area contributed by atoms with Gasteiger partial charge in [0.2, 0.25) is 15.9 Å². The molecule has 1 aliphatic carbocycles. The molecule has 5 nitrogen and oxygen atoms in total. The molecule has 0 atom stereocenters. The Balaban J connectivity index is 1.53. The molecule has 2 aromatic carbocycles. The molecule has 0 bridgehead atoms. The zero-order chi connectivity index (χ0) is 20.3. The molecule has 1 N–H and O–H groups in total. The van der Waals surface area contributed by atoms with E-state index in [0.29, 0.717) is 23.5 Å². The van der Waals surface area contributed by atoms with Gasteiger partial charge in [-0.05, 0) is 42.9 Å². The Labute approximate surface area is 173 Å². The van der Waals surface area contributed by atoms with Gasteiger partial charge >= 0.3 is 0 Å². The number of benzene rings is 2. The van der Waals surface area contributed by atoms with Gasteiger partial charge in [0, 0.05) is 19.6 Å². The Morgan fingerprint density at radius 3 is 2.21 bits per heavy atom. The molecule has 154 valence electrons. The highest BCUT2D eigenvalue weighted by atomic mass is 32.2. The number of sulfonamides is 1. The second kappa shape index (κ2) is 8.28. The van der Waals surface area contributed by atoms with Gasteiger partial charge in [0.25, 0.3) is 0 Å². The van der Waals surface area contributed by atoms with Gasteiger partial charge < -0.3 is 5.32 Å². The minimum Gasteiger partial charge on any atom is -0.351 e. The lowest BCUT2D eigenvalue weighted by Crippen LogP contribution is -2.49. The van der Waals surface area contributed by atoms with Gasteiger partial charge in [0.05, 0.1) is 10.3 Å². The molecule has 1 amide bonds. The fourth-order valence-corrected chi connectivity index (χ4v) is 6.16. The number of carbonyl (C=O) groups is 1. The van der Waals surface area contributed by atoms with Gasteiger partial charge in [-0.15, -0.1) is 0 Å². The molecule has 0 radical (unpaired) electrons. The summed E-state index contributed by atoms with van der Waals surface area (Å²) in [6.45, 7) is 1.36. The summed E-state index contributed by atoms with van der Waals surface area (Å²) >= 11 is 0. The van der Waals surface area contributed by atoms with Gasteiger partial charge in [-0.1, -0.05) is 61.4 Å². The number of hydrogen-bond acceptors (Lipinski definition) is 3. The predicted molar refractivity (Wildman–Crippen MR) is 113 cm³/mol. The van der Waals surface area contributed by atoms with Crippen molar-refractivity contribution in [3.05, 3.63) is 65.7 Å². The van der Waals surface area contributed by atoms with E-state index in [1.165, 1.54) is 0 Å². The van der Waals surface area contributed by atoms with E-state index in [1.807, 2.05) is 36.4 Å². The number of carbonyl (C=O) groups excluding carboxylic acids is 1. The quantitative estimate of drug-likeness (QED) is 0.788. The average Bonchev–Trinajstić information content (AvgIpc) is 2.73. The van der Waals surface area contributed by atoms with Crippen LogP contribution in [0, 0.1) is 0 Å². The Kier molecular flexibility index (Phi) is 5.74. The van der Waals surface area contributed by atoms with Crippen LogP contribution in [0.25, 0.3) is 0 Å². The third-order valence-electron chi connectivity index (χ3n) is 6.31. The SMILES string of the molecule is O=C(NCc1ccccc1S(=O)(=O)N1CCCCC1)C1(c2ccccc2)CCC1. The summed E-state index contributed by atoms with van der Waals surface area (Å²) in [6.07, 6.45) is 5.57. The zero-order valence-corrected chi connectivity index (χ0v) is 17.5. The number of piperidine rings is 1. The highest BCUT2D eigenvalue weighted by Crippen LogP contribution is 2.44. The van der Waals surface area contributed by atoms with Crippen LogP contribution in [-0.4, -0.2) is 31.7 Å². The van der Waals surface area contributed by atoms with Crippen molar-refractivity contribution in [2.24, 2.45) is 0 Å². The molecule has 4 rings (SSSR count). The molecule has 2 aliphatic rings. The summed E-state index contributed by atoms with van der Waals surface area (Å²) in [6, 6.07) is 16.9. The van der Waals surface area contributed by atoms with Gasteiger partial charge in [-0.25, -0.2) is 8.42 Å². The van der Waals surface area contributed by atoms with E-state index in [9.17, 15) is 13.2 Å². The van der Waals surface area contributed by atoms with Gasteiger partial charge in [-0.2, -0.15) is 4.31 Å². The summed E-state index contributed by atoms with van der Waals surface area (Å²) in [7, 11) is -3.54. The van der Waals surface area contributed by atoms with Crippen molar-refractivity contribution in [3.8, 4) is 0 Å². The summed E-state index contributed by atoms with van der Waals surface area (Å²) < 4.78 is 27.9. The van der Waals surface area contributed by atoms with Crippen molar-refractivity contribution < 1.29 is 13.2 Å². The average molecular weight is 413 g/mol.